The van der Waals surface area contributed by atoms with Gasteiger partial charge < -0.3 is 15.2 Å². The van der Waals surface area contributed by atoms with Crippen LogP contribution in [0.3, 0.4) is 0 Å². The van der Waals surface area contributed by atoms with Gasteiger partial charge in [0.25, 0.3) is 5.91 Å². The average Bonchev–Trinajstić information content (AvgIpc) is 3.02. The number of carboxylic acid groups (broad SMARTS) is 1. The summed E-state index contributed by atoms with van der Waals surface area (Å²) in [6, 6.07) is 6.56. The van der Waals surface area contributed by atoms with Crippen LogP contribution >= 0.6 is 0 Å². The molecule has 3 rings (SSSR count). The molecular formula is C18H21N3O4. The fraction of sp³-hybridized carbons (Fsp3) is 0.389. The first-order valence-electron chi connectivity index (χ1n) is 8.36. The van der Waals surface area contributed by atoms with E-state index >= 15 is 0 Å². The Hall–Kier alpha value is -2.83. The number of ether oxygens (including phenoxy) is 1. The largest absolute Gasteiger partial charge is 0.482 e. The molecule has 2 aromatic rings. The summed E-state index contributed by atoms with van der Waals surface area (Å²) in [5.41, 5.74) is 3.00. The van der Waals surface area contributed by atoms with E-state index in [0.29, 0.717) is 11.3 Å². The van der Waals surface area contributed by atoms with Gasteiger partial charge in [0.1, 0.15) is 5.75 Å². The van der Waals surface area contributed by atoms with E-state index in [1.165, 1.54) is 11.3 Å². The predicted molar refractivity (Wildman–Crippen MR) is 90.8 cm³/mol. The van der Waals surface area contributed by atoms with E-state index in [-0.39, 0.29) is 11.9 Å². The molecule has 1 unspecified atom stereocenters. The Morgan fingerprint density at radius 1 is 1.36 bits per heavy atom. The number of aliphatic carboxylic acids is 1. The van der Waals surface area contributed by atoms with Crippen LogP contribution < -0.4 is 10.1 Å². The molecule has 7 heteroatoms. The second-order valence-electron chi connectivity index (χ2n) is 6.05. The molecule has 1 aromatic carbocycles. The summed E-state index contributed by atoms with van der Waals surface area (Å²) in [6.07, 6.45) is 4.49. The number of fused-ring (bicyclic) bond motifs is 1. The van der Waals surface area contributed by atoms with E-state index in [2.05, 4.69) is 17.3 Å². The van der Waals surface area contributed by atoms with Gasteiger partial charge in [-0.05, 0) is 56.0 Å². The summed E-state index contributed by atoms with van der Waals surface area (Å²) in [5, 5.41) is 16.0. The Balaban J connectivity index is 1.58. The van der Waals surface area contributed by atoms with Gasteiger partial charge in [-0.25, -0.2) is 4.79 Å². The number of nitrogens with one attached hydrogen (secondary N) is 1. The lowest BCUT2D eigenvalue weighted by Crippen LogP contribution is -2.39. The Morgan fingerprint density at radius 3 is 2.80 bits per heavy atom. The molecule has 1 heterocycles. The van der Waals surface area contributed by atoms with Crippen molar-refractivity contribution in [3.8, 4) is 5.75 Å². The van der Waals surface area contributed by atoms with E-state index in [9.17, 15) is 9.59 Å². The zero-order chi connectivity index (χ0) is 17.8. The molecule has 1 aliphatic carbocycles. The molecule has 0 aliphatic heterocycles. The molecular weight excluding hydrogens is 322 g/mol. The van der Waals surface area contributed by atoms with Crippen LogP contribution in [0.4, 0.5) is 0 Å². The van der Waals surface area contributed by atoms with Crippen molar-refractivity contribution in [2.24, 2.45) is 0 Å². The van der Waals surface area contributed by atoms with Crippen molar-refractivity contribution < 1.29 is 19.4 Å². The number of benzene rings is 1. The normalized spacial score (nSPS) is 16.1. The molecule has 1 aromatic heterocycles. The third-order valence-electron chi connectivity index (χ3n) is 4.34. The SMILES string of the molecule is CCn1ncc2c1CCC(NC(=O)c1ccc(OCC(=O)O)cc1)C2. The van der Waals surface area contributed by atoms with Crippen molar-refractivity contribution in [3.05, 3.63) is 47.3 Å². The quantitative estimate of drug-likeness (QED) is 0.832. The minimum Gasteiger partial charge on any atom is -0.482 e. The lowest BCUT2D eigenvalue weighted by Gasteiger charge is -2.24. The zero-order valence-corrected chi connectivity index (χ0v) is 14.1. The van der Waals surface area contributed by atoms with Crippen LogP contribution in [0.5, 0.6) is 5.75 Å². The Kier molecular flexibility index (Phi) is 5.02. The van der Waals surface area contributed by atoms with E-state index in [1.807, 2.05) is 10.9 Å². The first-order chi connectivity index (χ1) is 12.1. The summed E-state index contributed by atoms with van der Waals surface area (Å²) in [7, 11) is 0. The maximum absolute atomic E-state index is 12.4. The van der Waals surface area contributed by atoms with Crippen molar-refractivity contribution >= 4 is 11.9 Å². The molecule has 7 nitrogen and oxygen atoms in total. The summed E-state index contributed by atoms with van der Waals surface area (Å²) in [4.78, 5) is 22.9. The van der Waals surface area contributed by atoms with Gasteiger partial charge in [-0.15, -0.1) is 0 Å². The van der Waals surface area contributed by atoms with Crippen LogP contribution in [0.15, 0.2) is 30.5 Å². The van der Waals surface area contributed by atoms with E-state index in [1.54, 1.807) is 24.3 Å². The summed E-state index contributed by atoms with van der Waals surface area (Å²) >= 11 is 0. The second-order valence-corrected chi connectivity index (χ2v) is 6.05. The van der Waals surface area contributed by atoms with Gasteiger partial charge >= 0.3 is 5.97 Å². The van der Waals surface area contributed by atoms with Crippen LogP contribution in [-0.4, -0.2) is 39.4 Å². The first kappa shape index (κ1) is 17.0. The summed E-state index contributed by atoms with van der Waals surface area (Å²) in [5.74, 6) is -0.751. The topological polar surface area (TPSA) is 93.5 Å². The zero-order valence-electron chi connectivity index (χ0n) is 14.1. The van der Waals surface area contributed by atoms with Gasteiger partial charge in [-0.1, -0.05) is 0 Å². The highest BCUT2D eigenvalue weighted by Gasteiger charge is 2.23. The van der Waals surface area contributed by atoms with Crippen molar-refractivity contribution in [2.75, 3.05) is 6.61 Å². The third kappa shape index (κ3) is 3.99. The lowest BCUT2D eigenvalue weighted by molar-refractivity contribution is -0.139. The molecule has 0 spiro atoms. The summed E-state index contributed by atoms with van der Waals surface area (Å²) in [6.45, 7) is 2.54. The van der Waals surface area contributed by atoms with Gasteiger partial charge in [-0.3, -0.25) is 9.48 Å². The van der Waals surface area contributed by atoms with Crippen LogP contribution in [0, 0.1) is 0 Å². The fourth-order valence-corrected chi connectivity index (χ4v) is 3.10. The first-order valence-corrected chi connectivity index (χ1v) is 8.36. The molecule has 1 aliphatic rings. The molecule has 0 saturated heterocycles. The summed E-state index contributed by atoms with van der Waals surface area (Å²) < 4.78 is 7.08. The molecule has 0 radical (unpaired) electrons. The number of aromatic nitrogens is 2. The molecule has 0 fully saturated rings. The number of nitrogens with zero attached hydrogens (tertiary/aromatic N) is 2. The van der Waals surface area contributed by atoms with Gasteiger partial charge in [0.2, 0.25) is 0 Å². The number of carbonyl (C=O) groups excluding carboxylic acids is 1. The number of rotatable bonds is 6. The number of hydrogen-bond donors (Lipinski definition) is 2. The van der Waals surface area contributed by atoms with Crippen LogP contribution in [-0.2, 0) is 24.2 Å². The maximum atomic E-state index is 12.4. The van der Waals surface area contributed by atoms with Crippen LogP contribution in [0.2, 0.25) is 0 Å². The highest BCUT2D eigenvalue weighted by atomic mass is 16.5. The molecule has 132 valence electrons. The lowest BCUT2D eigenvalue weighted by atomic mass is 9.93. The van der Waals surface area contributed by atoms with Gasteiger partial charge in [0.15, 0.2) is 6.61 Å². The van der Waals surface area contributed by atoms with Crippen molar-refractivity contribution in [3.63, 3.8) is 0 Å². The van der Waals surface area contributed by atoms with Gasteiger partial charge in [0.05, 0.1) is 6.20 Å². The molecule has 0 bridgehead atoms. The van der Waals surface area contributed by atoms with E-state index in [0.717, 1.165) is 25.8 Å². The van der Waals surface area contributed by atoms with Crippen molar-refractivity contribution in [2.45, 2.75) is 38.8 Å². The second kappa shape index (κ2) is 7.38. The van der Waals surface area contributed by atoms with Crippen molar-refractivity contribution in [1.82, 2.24) is 15.1 Å². The Morgan fingerprint density at radius 2 is 2.12 bits per heavy atom. The molecule has 1 amide bonds. The van der Waals surface area contributed by atoms with E-state index < -0.39 is 12.6 Å². The minimum atomic E-state index is -1.04. The molecule has 1 atom stereocenters. The highest BCUT2D eigenvalue weighted by molar-refractivity contribution is 5.94. The Bertz CT molecular complexity index is 767. The molecule has 2 N–H and O–H groups in total. The smallest absolute Gasteiger partial charge is 0.341 e. The number of hydrogen-bond acceptors (Lipinski definition) is 4. The average molecular weight is 343 g/mol. The number of carboxylic acids is 1. The molecule has 25 heavy (non-hydrogen) atoms. The minimum absolute atomic E-state index is 0.0949. The van der Waals surface area contributed by atoms with E-state index in [4.69, 9.17) is 9.84 Å². The Labute approximate surface area is 145 Å². The molecule has 0 saturated carbocycles. The highest BCUT2D eigenvalue weighted by Crippen LogP contribution is 2.21. The van der Waals surface area contributed by atoms with Crippen LogP contribution in [0.1, 0.15) is 35.0 Å². The third-order valence-corrected chi connectivity index (χ3v) is 4.34. The van der Waals surface area contributed by atoms with Gasteiger partial charge in [0, 0.05) is 23.8 Å². The standard InChI is InChI=1S/C18H21N3O4/c1-2-21-16-8-5-14(9-13(16)10-19-21)20-18(24)12-3-6-15(7-4-12)25-11-17(22)23/h3-4,6-7,10,14H,2,5,8-9,11H2,1H3,(H,20,24)(H,22,23). The van der Waals surface area contributed by atoms with Crippen LogP contribution in [0.25, 0.3) is 0 Å². The number of aryl methyl sites for hydroxylation is 1. The fourth-order valence-electron chi connectivity index (χ4n) is 3.10. The van der Waals surface area contributed by atoms with Crippen molar-refractivity contribution in [1.29, 1.82) is 0 Å². The number of amides is 1. The predicted octanol–water partition coefficient (Wildman–Crippen LogP) is 1.65. The van der Waals surface area contributed by atoms with Gasteiger partial charge in [-0.2, -0.15) is 5.10 Å². The monoisotopic (exact) mass is 343 g/mol. The number of carbonyl (C=O) groups is 2. The maximum Gasteiger partial charge on any atom is 0.341 e.